The molecule has 0 saturated carbocycles. The zero-order valence-electron chi connectivity index (χ0n) is 9.90. The Morgan fingerprint density at radius 1 is 1.37 bits per heavy atom. The summed E-state index contributed by atoms with van der Waals surface area (Å²) in [6.45, 7) is 1.80. The molecule has 8 heteroatoms. The quantitative estimate of drug-likeness (QED) is 0.672. The number of rotatable bonds is 3. The highest BCUT2D eigenvalue weighted by Crippen LogP contribution is 2.35. The fraction of sp³-hybridized carbons (Fsp3) is 0.273. The average Bonchev–Trinajstić information content (AvgIpc) is 2.79. The molecular weight excluding hydrogens is 277 g/mol. The van der Waals surface area contributed by atoms with E-state index in [1.807, 2.05) is 0 Å². The van der Waals surface area contributed by atoms with Crippen LogP contribution in [0.15, 0.2) is 24.5 Å². The predicted octanol–water partition coefficient (Wildman–Crippen LogP) is 2.42. The van der Waals surface area contributed by atoms with Crippen molar-refractivity contribution in [2.45, 2.75) is 19.1 Å². The van der Waals surface area contributed by atoms with Gasteiger partial charge in [-0.1, -0.05) is 0 Å². The van der Waals surface area contributed by atoms with E-state index in [9.17, 15) is 13.2 Å². The van der Waals surface area contributed by atoms with E-state index in [1.165, 1.54) is 6.20 Å². The molecule has 0 aliphatic heterocycles. The van der Waals surface area contributed by atoms with Crippen LogP contribution in [0.3, 0.4) is 0 Å². The van der Waals surface area contributed by atoms with E-state index in [-0.39, 0.29) is 0 Å². The molecule has 0 spiro atoms. The molecule has 0 aliphatic rings. The fourth-order valence-electron chi connectivity index (χ4n) is 1.64. The minimum atomic E-state index is -4.43. The standard InChI is InChI=1S/C11H11F3N4S/c1-6-4-7(2-3-16-6)9(18-15)8-5-17-10(19-8)11(12,13)14/h2-5,9,18H,15H2,1H3. The number of aromatic nitrogens is 2. The summed E-state index contributed by atoms with van der Waals surface area (Å²) in [5, 5.41) is -0.881. The molecule has 4 nitrogen and oxygen atoms in total. The van der Waals surface area contributed by atoms with E-state index in [2.05, 4.69) is 15.4 Å². The highest BCUT2D eigenvalue weighted by molar-refractivity contribution is 7.11. The van der Waals surface area contributed by atoms with Crippen molar-refractivity contribution < 1.29 is 13.2 Å². The second-order valence-corrected chi connectivity index (χ2v) is 4.96. The number of nitrogens with two attached hydrogens (primary N) is 1. The Balaban J connectivity index is 2.35. The van der Waals surface area contributed by atoms with Crippen LogP contribution in [0.4, 0.5) is 13.2 Å². The van der Waals surface area contributed by atoms with E-state index in [0.29, 0.717) is 16.2 Å². The van der Waals surface area contributed by atoms with E-state index in [1.54, 1.807) is 25.3 Å². The number of nitrogens with zero attached hydrogens (tertiary/aromatic N) is 2. The van der Waals surface area contributed by atoms with Gasteiger partial charge >= 0.3 is 6.18 Å². The zero-order chi connectivity index (χ0) is 14.0. The Morgan fingerprint density at radius 3 is 2.63 bits per heavy atom. The second-order valence-electron chi connectivity index (χ2n) is 3.90. The van der Waals surface area contributed by atoms with Crippen LogP contribution < -0.4 is 11.3 Å². The van der Waals surface area contributed by atoms with E-state index >= 15 is 0 Å². The molecule has 3 N–H and O–H groups in total. The molecule has 0 radical (unpaired) electrons. The van der Waals surface area contributed by atoms with Crippen LogP contribution in [0.2, 0.25) is 0 Å². The van der Waals surface area contributed by atoms with Crippen molar-refractivity contribution in [1.82, 2.24) is 15.4 Å². The molecule has 0 aliphatic carbocycles. The van der Waals surface area contributed by atoms with Crippen molar-refractivity contribution in [1.29, 1.82) is 0 Å². The first-order valence-corrected chi connectivity index (χ1v) is 6.15. The Morgan fingerprint density at radius 2 is 2.11 bits per heavy atom. The molecule has 0 bridgehead atoms. The number of alkyl halides is 3. The number of nitrogens with one attached hydrogen (secondary N) is 1. The van der Waals surface area contributed by atoms with Gasteiger partial charge in [-0.3, -0.25) is 10.8 Å². The van der Waals surface area contributed by atoms with Crippen LogP contribution in [0.1, 0.15) is 27.2 Å². The van der Waals surface area contributed by atoms with Crippen LogP contribution in [-0.4, -0.2) is 9.97 Å². The van der Waals surface area contributed by atoms with Crippen molar-refractivity contribution in [3.8, 4) is 0 Å². The molecule has 2 heterocycles. The lowest BCUT2D eigenvalue weighted by atomic mass is 10.1. The first kappa shape index (κ1) is 13.9. The molecular formula is C11H11F3N4S. The normalized spacial score (nSPS) is 13.5. The highest BCUT2D eigenvalue weighted by Gasteiger charge is 2.35. The lowest BCUT2D eigenvalue weighted by Crippen LogP contribution is -2.28. The fourth-order valence-corrected chi connectivity index (χ4v) is 2.51. The summed E-state index contributed by atoms with van der Waals surface area (Å²) in [7, 11) is 0. The SMILES string of the molecule is Cc1cc(C(NN)c2cnc(C(F)(F)F)s2)ccn1. The van der Waals surface area contributed by atoms with Gasteiger partial charge in [0.2, 0.25) is 0 Å². The van der Waals surface area contributed by atoms with Gasteiger partial charge < -0.3 is 0 Å². The molecule has 1 atom stereocenters. The first-order valence-electron chi connectivity index (χ1n) is 5.33. The van der Waals surface area contributed by atoms with Crippen molar-refractivity contribution in [2.24, 2.45) is 5.84 Å². The summed E-state index contributed by atoms with van der Waals surface area (Å²) in [4.78, 5) is 7.82. The number of hydrogen-bond donors (Lipinski definition) is 2. The Labute approximate surface area is 111 Å². The largest absolute Gasteiger partial charge is 0.443 e. The van der Waals surface area contributed by atoms with Crippen LogP contribution in [0.5, 0.6) is 0 Å². The monoisotopic (exact) mass is 288 g/mol. The number of hydrogen-bond acceptors (Lipinski definition) is 5. The lowest BCUT2D eigenvalue weighted by Gasteiger charge is -2.14. The molecule has 0 aromatic carbocycles. The van der Waals surface area contributed by atoms with Crippen LogP contribution in [0.25, 0.3) is 0 Å². The van der Waals surface area contributed by atoms with Gasteiger partial charge in [0.15, 0.2) is 5.01 Å². The number of pyridine rings is 1. The summed E-state index contributed by atoms with van der Waals surface area (Å²) in [5.41, 5.74) is 4.01. The van der Waals surface area contributed by atoms with Gasteiger partial charge in [0.25, 0.3) is 0 Å². The third-order valence-electron chi connectivity index (χ3n) is 2.47. The van der Waals surface area contributed by atoms with Crippen molar-refractivity contribution >= 4 is 11.3 Å². The number of halogens is 3. The van der Waals surface area contributed by atoms with Gasteiger partial charge in [0.1, 0.15) is 0 Å². The van der Waals surface area contributed by atoms with E-state index in [0.717, 1.165) is 11.3 Å². The molecule has 2 aromatic rings. The molecule has 0 fully saturated rings. The van der Waals surface area contributed by atoms with Crippen LogP contribution in [0, 0.1) is 6.92 Å². The van der Waals surface area contributed by atoms with Gasteiger partial charge in [-0.25, -0.2) is 10.4 Å². The molecule has 2 aromatic heterocycles. The summed E-state index contributed by atoms with van der Waals surface area (Å²) >= 11 is 0.574. The smallest absolute Gasteiger partial charge is 0.271 e. The summed E-state index contributed by atoms with van der Waals surface area (Å²) in [6.07, 6.45) is -1.66. The maximum atomic E-state index is 12.5. The van der Waals surface area contributed by atoms with Crippen molar-refractivity contribution in [2.75, 3.05) is 0 Å². The minimum absolute atomic E-state index is 0.403. The van der Waals surface area contributed by atoms with Crippen molar-refractivity contribution in [3.05, 3.63) is 45.7 Å². The van der Waals surface area contributed by atoms with E-state index in [4.69, 9.17) is 5.84 Å². The van der Waals surface area contributed by atoms with Gasteiger partial charge in [-0.05, 0) is 24.6 Å². The molecule has 19 heavy (non-hydrogen) atoms. The summed E-state index contributed by atoms with van der Waals surface area (Å²) in [6, 6.07) is 2.93. The lowest BCUT2D eigenvalue weighted by molar-refractivity contribution is -0.137. The Hall–Kier alpha value is -1.51. The zero-order valence-corrected chi connectivity index (χ0v) is 10.7. The maximum Gasteiger partial charge on any atom is 0.443 e. The topological polar surface area (TPSA) is 63.8 Å². The molecule has 0 saturated heterocycles. The molecule has 102 valence electrons. The minimum Gasteiger partial charge on any atom is -0.271 e. The summed E-state index contributed by atoms with van der Waals surface area (Å²) < 4.78 is 37.6. The van der Waals surface area contributed by atoms with Gasteiger partial charge in [0.05, 0.1) is 6.04 Å². The number of aryl methyl sites for hydroxylation is 1. The second kappa shape index (κ2) is 5.24. The Kier molecular flexibility index (Phi) is 3.83. The highest BCUT2D eigenvalue weighted by atomic mass is 32.1. The van der Waals surface area contributed by atoms with Crippen LogP contribution in [-0.2, 0) is 6.18 Å². The third-order valence-corrected chi connectivity index (χ3v) is 3.58. The molecule has 2 rings (SSSR count). The maximum absolute atomic E-state index is 12.5. The van der Waals surface area contributed by atoms with Gasteiger partial charge in [-0.2, -0.15) is 13.2 Å². The molecule has 0 amide bonds. The Bertz CT molecular complexity index is 567. The number of hydrazine groups is 1. The van der Waals surface area contributed by atoms with Crippen molar-refractivity contribution in [3.63, 3.8) is 0 Å². The van der Waals surface area contributed by atoms with E-state index < -0.39 is 17.2 Å². The molecule has 1 unspecified atom stereocenters. The average molecular weight is 288 g/mol. The third kappa shape index (κ3) is 3.09. The summed E-state index contributed by atoms with van der Waals surface area (Å²) in [5.74, 6) is 5.43. The van der Waals surface area contributed by atoms with Crippen LogP contribution >= 0.6 is 11.3 Å². The van der Waals surface area contributed by atoms with Gasteiger partial charge in [-0.15, -0.1) is 11.3 Å². The predicted molar refractivity (Wildman–Crippen MR) is 65.3 cm³/mol. The number of thiazole rings is 1. The first-order chi connectivity index (χ1) is 8.91. The van der Waals surface area contributed by atoms with Gasteiger partial charge in [0, 0.05) is 23.0 Å².